The average molecular weight is 338 g/mol. The van der Waals surface area contributed by atoms with Crippen LogP contribution in [0.25, 0.3) is 0 Å². The topological polar surface area (TPSA) is 24.9 Å². The molecule has 0 aromatic carbocycles. The molecule has 0 saturated heterocycles. The van der Waals surface area contributed by atoms with Gasteiger partial charge in [-0.1, -0.05) is 11.6 Å². The van der Waals surface area contributed by atoms with E-state index in [9.17, 15) is 0 Å². The maximum Gasteiger partial charge on any atom is 0.107 e. The first-order valence-corrected chi connectivity index (χ1v) is 7.51. The monoisotopic (exact) mass is 336 g/mol. The molecule has 0 saturated carbocycles. The van der Waals surface area contributed by atoms with Crippen LogP contribution in [-0.4, -0.2) is 4.98 Å². The summed E-state index contributed by atoms with van der Waals surface area (Å²) in [6, 6.07) is 2.05. The standard InChI is InChI=1S/C10H10BrClN2S2/c1-6-3-14-9(15-6)5-13-4-7-2-8(11)10(12)16-7/h2-3,13H,4-5H2,1H3. The third kappa shape index (κ3) is 3.28. The van der Waals surface area contributed by atoms with Crippen molar-refractivity contribution in [2.75, 3.05) is 0 Å². The molecule has 0 fully saturated rings. The second kappa shape index (κ2) is 5.60. The fourth-order valence-electron chi connectivity index (χ4n) is 1.25. The highest BCUT2D eigenvalue weighted by Crippen LogP contribution is 2.31. The zero-order valence-corrected chi connectivity index (χ0v) is 12.6. The molecular formula is C10H10BrClN2S2. The highest BCUT2D eigenvalue weighted by Gasteiger charge is 2.04. The number of thiazole rings is 1. The van der Waals surface area contributed by atoms with Crippen molar-refractivity contribution in [1.29, 1.82) is 0 Å². The Bertz CT molecular complexity index is 461. The third-order valence-electron chi connectivity index (χ3n) is 1.94. The number of thiophene rings is 1. The molecule has 16 heavy (non-hydrogen) atoms. The predicted molar refractivity (Wildman–Crippen MR) is 74.4 cm³/mol. The molecule has 0 spiro atoms. The molecule has 0 aliphatic carbocycles. The Hall–Kier alpha value is 0.0600. The summed E-state index contributed by atoms with van der Waals surface area (Å²) in [5.74, 6) is 0. The van der Waals surface area contributed by atoms with Gasteiger partial charge in [-0.05, 0) is 28.9 Å². The van der Waals surface area contributed by atoms with Gasteiger partial charge in [-0.25, -0.2) is 4.98 Å². The molecule has 0 unspecified atom stereocenters. The molecule has 2 heterocycles. The molecule has 0 amide bonds. The Morgan fingerprint density at radius 3 is 2.81 bits per heavy atom. The SMILES string of the molecule is Cc1cnc(CNCc2cc(Br)c(Cl)s2)s1. The highest BCUT2D eigenvalue weighted by atomic mass is 79.9. The van der Waals surface area contributed by atoms with Crippen molar-refractivity contribution in [1.82, 2.24) is 10.3 Å². The molecule has 2 aromatic rings. The van der Waals surface area contributed by atoms with Crippen molar-refractivity contribution in [2.45, 2.75) is 20.0 Å². The normalized spacial score (nSPS) is 10.9. The molecule has 86 valence electrons. The molecule has 0 atom stereocenters. The van der Waals surface area contributed by atoms with E-state index < -0.39 is 0 Å². The van der Waals surface area contributed by atoms with Gasteiger partial charge in [-0.15, -0.1) is 22.7 Å². The summed E-state index contributed by atoms with van der Waals surface area (Å²) in [6.45, 7) is 3.71. The largest absolute Gasteiger partial charge is 0.306 e. The summed E-state index contributed by atoms with van der Waals surface area (Å²) >= 11 is 12.7. The van der Waals surface area contributed by atoms with Crippen LogP contribution in [0.15, 0.2) is 16.7 Å². The van der Waals surface area contributed by atoms with Crippen LogP contribution in [-0.2, 0) is 13.1 Å². The minimum absolute atomic E-state index is 0.807. The van der Waals surface area contributed by atoms with Crippen LogP contribution in [0.3, 0.4) is 0 Å². The zero-order chi connectivity index (χ0) is 11.5. The van der Waals surface area contributed by atoms with E-state index in [2.05, 4.69) is 33.2 Å². The number of nitrogens with zero attached hydrogens (tertiary/aromatic N) is 1. The fraction of sp³-hybridized carbons (Fsp3) is 0.300. The Morgan fingerprint density at radius 1 is 1.44 bits per heavy atom. The molecule has 1 N–H and O–H groups in total. The summed E-state index contributed by atoms with van der Waals surface area (Å²) < 4.78 is 1.78. The molecule has 2 aromatic heterocycles. The lowest BCUT2D eigenvalue weighted by molar-refractivity contribution is 0.697. The summed E-state index contributed by atoms with van der Waals surface area (Å²) in [6.07, 6.45) is 1.90. The van der Waals surface area contributed by atoms with Gasteiger partial charge in [0, 0.05) is 33.5 Å². The van der Waals surface area contributed by atoms with E-state index in [-0.39, 0.29) is 0 Å². The molecule has 0 aliphatic heterocycles. The van der Waals surface area contributed by atoms with Crippen LogP contribution >= 0.6 is 50.2 Å². The number of aromatic nitrogens is 1. The van der Waals surface area contributed by atoms with E-state index >= 15 is 0 Å². The first-order valence-electron chi connectivity index (χ1n) is 4.71. The molecule has 2 rings (SSSR count). The number of hydrogen-bond acceptors (Lipinski definition) is 4. The predicted octanol–water partition coefficient (Wildman–Crippen LogP) is 4.22. The van der Waals surface area contributed by atoms with Crippen LogP contribution in [0.4, 0.5) is 0 Å². The van der Waals surface area contributed by atoms with Gasteiger partial charge in [0.05, 0.1) is 0 Å². The molecule has 0 bridgehead atoms. The van der Waals surface area contributed by atoms with E-state index in [0.717, 1.165) is 26.9 Å². The fourth-order valence-corrected chi connectivity index (χ4v) is 3.77. The van der Waals surface area contributed by atoms with Crippen LogP contribution in [0.1, 0.15) is 14.8 Å². The highest BCUT2D eigenvalue weighted by molar-refractivity contribution is 9.10. The quantitative estimate of drug-likeness (QED) is 0.903. The van der Waals surface area contributed by atoms with Gasteiger partial charge in [0.25, 0.3) is 0 Å². The number of nitrogens with one attached hydrogen (secondary N) is 1. The minimum atomic E-state index is 0.807. The van der Waals surface area contributed by atoms with Crippen molar-refractivity contribution in [3.8, 4) is 0 Å². The van der Waals surface area contributed by atoms with Gasteiger partial charge < -0.3 is 5.32 Å². The lowest BCUT2D eigenvalue weighted by Crippen LogP contribution is -2.11. The van der Waals surface area contributed by atoms with E-state index in [4.69, 9.17) is 11.6 Å². The number of hydrogen-bond donors (Lipinski definition) is 1. The number of halogens is 2. The first-order chi connectivity index (χ1) is 7.65. The van der Waals surface area contributed by atoms with Gasteiger partial charge >= 0.3 is 0 Å². The van der Waals surface area contributed by atoms with Gasteiger partial charge in [-0.2, -0.15) is 0 Å². The zero-order valence-electron chi connectivity index (χ0n) is 8.59. The molecule has 0 aliphatic rings. The summed E-state index contributed by atoms with van der Waals surface area (Å²) in [7, 11) is 0. The third-order valence-corrected chi connectivity index (χ3v) is 5.33. The molecular weight excluding hydrogens is 328 g/mol. The average Bonchev–Trinajstić information content (AvgIpc) is 2.75. The lowest BCUT2D eigenvalue weighted by Gasteiger charge is -1.98. The van der Waals surface area contributed by atoms with Crippen LogP contribution < -0.4 is 5.32 Å². The molecule has 2 nitrogen and oxygen atoms in total. The number of aryl methyl sites for hydroxylation is 1. The second-order valence-electron chi connectivity index (χ2n) is 3.30. The summed E-state index contributed by atoms with van der Waals surface area (Å²) in [4.78, 5) is 6.77. The van der Waals surface area contributed by atoms with Crippen molar-refractivity contribution < 1.29 is 0 Å². The Kier molecular flexibility index (Phi) is 4.38. The van der Waals surface area contributed by atoms with Gasteiger partial charge in [0.1, 0.15) is 9.34 Å². The van der Waals surface area contributed by atoms with Crippen molar-refractivity contribution in [2.24, 2.45) is 0 Å². The van der Waals surface area contributed by atoms with Crippen molar-refractivity contribution in [3.63, 3.8) is 0 Å². The van der Waals surface area contributed by atoms with Gasteiger partial charge in [0.15, 0.2) is 0 Å². The smallest absolute Gasteiger partial charge is 0.107 e. The maximum absolute atomic E-state index is 5.96. The molecule has 0 radical (unpaired) electrons. The maximum atomic E-state index is 5.96. The van der Waals surface area contributed by atoms with E-state index in [1.807, 2.05) is 12.3 Å². The Balaban J connectivity index is 1.84. The summed E-state index contributed by atoms with van der Waals surface area (Å²) in [5.41, 5.74) is 0. The molecule has 6 heteroatoms. The van der Waals surface area contributed by atoms with Crippen LogP contribution in [0.5, 0.6) is 0 Å². The minimum Gasteiger partial charge on any atom is -0.306 e. The number of rotatable bonds is 4. The first kappa shape index (κ1) is 12.5. The van der Waals surface area contributed by atoms with Crippen molar-refractivity contribution in [3.05, 3.63) is 35.8 Å². The summed E-state index contributed by atoms with van der Waals surface area (Å²) in [5, 5.41) is 4.47. The van der Waals surface area contributed by atoms with Crippen molar-refractivity contribution >= 4 is 50.2 Å². The van der Waals surface area contributed by atoms with E-state index in [0.29, 0.717) is 0 Å². The van der Waals surface area contributed by atoms with E-state index in [1.165, 1.54) is 9.75 Å². The van der Waals surface area contributed by atoms with Gasteiger partial charge in [0.2, 0.25) is 0 Å². The Morgan fingerprint density at radius 2 is 2.25 bits per heavy atom. The van der Waals surface area contributed by atoms with Crippen LogP contribution in [0.2, 0.25) is 4.34 Å². The second-order valence-corrected chi connectivity index (χ2v) is 7.22. The van der Waals surface area contributed by atoms with E-state index in [1.54, 1.807) is 22.7 Å². The lowest BCUT2D eigenvalue weighted by atomic mass is 10.4. The van der Waals surface area contributed by atoms with Gasteiger partial charge in [-0.3, -0.25) is 0 Å². The van der Waals surface area contributed by atoms with Crippen LogP contribution in [0, 0.1) is 6.92 Å². The Labute approximate surface area is 116 Å².